The van der Waals surface area contributed by atoms with Gasteiger partial charge in [0.25, 0.3) is 5.69 Å². The molecule has 0 spiro atoms. The number of carboxylic acid groups (broad SMARTS) is 1. The summed E-state index contributed by atoms with van der Waals surface area (Å²) in [6.45, 7) is 3.02. The highest BCUT2D eigenvalue weighted by molar-refractivity contribution is 7.89. The number of sulfonamides is 1. The Hall–Kier alpha value is -2.00. The van der Waals surface area contributed by atoms with E-state index in [2.05, 4.69) is 4.72 Å². The van der Waals surface area contributed by atoms with Crippen molar-refractivity contribution in [2.24, 2.45) is 0 Å². The van der Waals surface area contributed by atoms with Gasteiger partial charge in [-0.2, -0.15) is 4.72 Å². The first kappa shape index (κ1) is 17.1. The Labute approximate surface area is 122 Å². The summed E-state index contributed by atoms with van der Waals surface area (Å²) in [6.07, 6.45) is 0.597. The summed E-state index contributed by atoms with van der Waals surface area (Å²) >= 11 is 0. The van der Waals surface area contributed by atoms with Crippen LogP contribution in [0.5, 0.6) is 0 Å². The van der Waals surface area contributed by atoms with Gasteiger partial charge in [-0.25, -0.2) is 8.42 Å². The number of carboxylic acids is 1. The number of nitrogens with zero attached hydrogens (tertiary/aromatic N) is 1. The van der Waals surface area contributed by atoms with E-state index in [-0.39, 0.29) is 17.0 Å². The van der Waals surface area contributed by atoms with Crippen LogP contribution in [-0.2, 0) is 14.8 Å². The molecular weight excluding hydrogens is 300 g/mol. The lowest BCUT2D eigenvalue weighted by Crippen LogP contribution is -2.51. The third-order valence-corrected chi connectivity index (χ3v) is 4.55. The van der Waals surface area contributed by atoms with Crippen molar-refractivity contribution in [2.75, 3.05) is 0 Å². The molecule has 1 atom stereocenters. The fraction of sp³-hybridized carbons (Fsp3) is 0.417. The molecule has 8 nitrogen and oxygen atoms in total. The van der Waals surface area contributed by atoms with Crippen molar-refractivity contribution >= 4 is 21.7 Å². The van der Waals surface area contributed by atoms with E-state index in [1.54, 1.807) is 6.92 Å². The van der Waals surface area contributed by atoms with Crippen LogP contribution in [0.3, 0.4) is 0 Å². The molecule has 1 rings (SSSR count). The lowest BCUT2D eigenvalue weighted by atomic mass is 9.98. The minimum absolute atomic E-state index is 0.120. The highest BCUT2D eigenvalue weighted by Crippen LogP contribution is 2.20. The molecular formula is C12H16N2O6S. The van der Waals surface area contributed by atoms with Crippen LogP contribution in [0.25, 0.3) is 0 Å². The summed E-state index contributed by atoms with van der Waals surface area (Å²) in [5, 5.41) is 19.7. The van der Waals surface area contributed by atoms with Gasteiger partial charge in [-0.3, -0.25) is 14.9 Å². The number of nitrogens with one attached hydrogen (secondary N) is 1. The Balaban J connectivity index is 3.10. The maximum Gasteiger partial charge on any atom is 0.324 e. The topological polar surface area (TPSA) is 127 Å². The summed E-state index contributed by atoms with van der Waals surface area (Å²) < 4.78 is 26.5. The van der Waals surface area contributed by atoms with Crippen LogP contribution < -0.4 is 4.72 Å². The third kappa shape index (κ3) is 3.99. The Bertz CT molecular complexity index is 640. The second kappa shape index (κ2) is 6.19. The fourth-order valence-electron chi connectivity index (χ4n) is 1.80. The van der Waals surface area contributed by atoms with Crippen LogP contribution in [0.2, 0.25) is 0 Å². The van der Waals surface area contributed by atoms with Gasteiger partial charge in [0.15, 0.2) is 0 Å². The summed E-state index contributed by atoms with van der Waals surface area (Å²) in [7, 11) is -4.08. The molecule has 1 unspecified atom stereocenters. The van der Waals surface area contributed by atoms with Crippen molar-refractivity contribution in [3.8, 4) is 0 Å². The second-order valence-corrected chi connectivity index (χ2v) is 6.43. The zero-order valence-electron chi connectivity index (χ0n) is 11.6. The van der Waals surface area contributed by atoms with Crippen LogP contribution in [0.4, 0.5) is 5.69 Å². The van der Waals surface area contributed by atoms with Crippen molar-refractivity contribution in [1.82, 2.24) is 4.72 Å². The molecule has 0 saturated heterocycles. The zero-order valence-corrected chi connectivity index (χ0v) is 12.4. The number of carbonyl (C=O) groups is 1. The largest absolute Gasteiger partial charge is 0.480 e. The monoisotopic (exact) mass is 316 g/mol. The smallest absolute Gasteiger partial charge is 0.324 e. The van der Waals surface area contributed by atoms with Gasteiger partial charge in [0.2, 0.25) is 10.0 Å². The summed E-state index contributed by atoms with van der Waals surface area (Å²) in [4.78, 5) is 20.9. The molecule has 9 heteroatoms. The second-order valence-electron chi connectivity index (χ2n) is 4.74. The molecule has 0 fully saturated rings. The van der Waals surface area contributed by atoms with Crippen LogP contribution >= 0.6 is 0 Å². The summed E-state index contributed by atoms with van der Waals surface area (Å²) in [5.41, 5.74) is -1.88. The molecule has 1 aromatic rings. The Morgan fingerprint density at radius 2 is 1.90 bits per heavy atom. The normalized spacial score (nSPS) is 14.4. The van der Waals surface area contributed by atoms with Gasteiger partial charge in [0.05, 0.1) is 9.82 Å². The SMILES string of the molecule is CCCC(C)(NS(=O)(=O)c1ccc([N+](=O)[O-])cc1)C(=O)O. The van der Waals surface area contributed by atoms with Crippen molar-refractivity contribution in [3.05, 3.63) is 34.4 Å². The number of nitro benzene ring substituents is 1. The molecule has 0 aliphatic rings. The maximum atomic E-state index is 12.2. The molecule has 21 heavy (non-hydrogen) atoms. The van der Waals surface area contributed by atoms with Crippen molar-refractivity contribution in [1.29, 1.82) is 0 Å². The quantitative estimate of drug-likeness (QED) is 0.580. The predicted octanol–water partition coefficient (Wildman–Crippen LogP) is 1.52. The molecule has 0 bridgehead atoms. The molecule has 0 saturated carbocycles. The molecule has 116 valence electrons. The maximum absolute atomic E-state index is 12.2. The highest BCUT2D eigenvalue weighted by atomic mass is 32.2. The van der Waals surface area contributed by atoms with E-state index >= 15 is 0 Å². The van der Waals surface area contributed by atoms with Crippen molar-refractivity contribution in [2.45, 2.75) is 37.1 Å². The predicted molar refractivity (Wildman–Crippen MR) is 74.4 cm³/mol. The van der Waals surface area contributed by atoms with E-state index in [4.69, 9.17) is 0 Å². The molecule has 0 aliphatic carbocycles. The number of non-ortho nitro benzene ring substituents is 1. The lowest BCUT2D eigenvalue weighted by Gasteiger charge is -2.25. The first-order valence-electron chi connectivity index (χ1n) is 6.14. The van der Waals surface area contributed by atoms with Crippen LogP contribution in [0.15, 0.2) is 29.2 Å². The van der Waals surface area contributed by atoms with E-state index in [0.717, 1.165) is 24.3 Å². The first-order valence-corrected chi connectivity index (χ1v) is 7.62. The molecule has 0 heterocycles. The van der Waals surface area contributed by atoms with E-state index < -0.39 is 26.5 Å². The summed E-state index contributed by atoms with van der Waals surface area (Å²) in [6, 6.07) is 4.22. The molecule has 0 radical (unpaired) electrons. The van der Waals surface area contributed by atoms with Crippen LogP contribution in [0, 0.1) is 10.1 Å². The van der Waals surface area contributed by atoms with E-state index in [1.165, 1.54) is 6.92 Å². The number of rotatable bonds is 7. The van der Waals surface area contributed by atoms with Crippen LogP contribution in [-0.4, -0.2) is 30.0 Å². The lowest BCUT2D eigenvalue weighted by molar-refractivity contribution is -0.384. The molecule has 0 aliphatic heterocycles. The van der Waals surface area contributed by atoms with Gasteiger partial charge in [-0.15, -0.1) is 0 Å². The average Bonchev–Trinajstić information content (AvgIpc) is 2.38. The van der Waals surface area contributed by atoms with Gasteiger partial charge >= 0.3 is 5.97 Å². The minimum Gasteiger partial charge on any atom is -0.480 e. The number of hydrogen-bond acceptors (Lipinski definition) is 5. The molecule has 2 N–H and O–H groups in total. The fourth-order valence-corrected chi connectivity index (χ4v) is 3.20. The van der Waals surface area contributed by atoms with E-state index in [9.17, 15) is 28.4 Å². The Morgan fingerprint density at radius 1 is 1.38 bits per heavy atom. The highest BCUT2D eigenvalue weighted by Gasteiger charge is 2.37. The zero-order chi connectivity index (χ0) is 16.3. The molecule has 1 aromatic carbocycles. The Kier molecular flexibility index (Phi) is 5.02. The minimum atomic E-state index is -4.08. The van der Waals surface area contributed by atoms with Gasteiger partial charge in [0.1, 0.15) is 5.54 Å². The van der Waals surface area contributed by atoms with E-state index in [0.29, 0.717) is 6.42 Å². The van der Waals surface area contributed by atoms with Crippen LogP contribution in [0.1, 0.15) is 26.7 Å². The molecule has 0 aromatic heterocycles. The van der Waals surface area contributed by atoms with Gasteiger partial charge in [0, 0.05) is 12.1 Å². The number of hydrogen-bond donors (Lipinski definition) is 2. The standard InChI is InChI=1S/C12H16N2O6S/c1-3-8-12(2,11(15)16)13-21(19,20)10-6-4-9(5-7-10)14(17)18/h4-7,13H,3,8H2,1-2H3,(H,15,16). The van der Waals surface area contributed by atoms with Crippen molar-refractivity contribution in [3.63, 3.8) is 0 Å². The first-order chi connectivity index (χ1) is 9.62. The Morgan fingerprint density at radius 3 is 2.29 bits per heavy atom. The average molecular weight is 316 g/mol. The van der Waals surface area contributed by atoms with Gasteiger partial charge in [-0.1, -0.05) is 13.3 Å². The van der Waals surface area contributed by atoms with E-state index in [1.807, 2.05) is 0 Å². The number of nitro groups is 1. The van der Waals surface area contributed by atoms with Gasteiger partial charge in [-0.05, 0) is 25.5 Å². The number of aliphatic carboxylic acids is 1. The molecule has 0 amide bonds. The van der Waals surface area contributed by atoms with Crippen molar-refractivity contribution < 1.29 is 23.2 Å². The third-order valence-electron chi connectivity index (χ3n) is 2.94. The number of benzene rings is 1. The summed E-state index contributed by atoms with van der Waals surface area (Å²) in [5.74, 6) is -1.28. The van der Waals surface area contributed by atoms with Gasteiger partial charge < -0.3 is 5.11 Å².